The molecule has 7 rings (SSSR count). The Morgan fingerprint density at radius 1 is 0.683 bits per heavy atom. The van der Waals surface area contributed by atoms with Crippen molar-refractivity contribution >= 4 is 29.8 Å². The van der Waals surface area contributed by atoms with Crippen molar-refractivity contribution in [2.24, 2.45) is 11.8 Å². The second-order valence-corrected chi connectivity index (χ2v) is 17.8. The van der Waals surface area contributed by atoms with Crippen LogP contribution in [0.1, 0.15) is 102 Å². The third-order valence-electron chi connectivity index (χ3n) is 13.1. The Morgan fingerprint density at radius 2 is 1.22 bits per heavy atom. The zero-order chi connectivity index (χ0) is 42.3. The second-order valence-electron chi connectivity index (χ2n) is 17.8. The van der Waals surface area contributed by atoms with Crippen molar-refractivity contribution in [1.82, 2.24) is 45.5 Å². The van der Waals surface area contributed by atoms with E-state index in [-0.39, 0.29) is 53.7 Å². The maximum Gasteiger partial charge on any atom is 0.318 e. The number of rotatable bonds is 11. The van der Waals surface area contributed by atoms with E-state index in [2.05, 4.69) is 45.2 Å². The molecule has 60 heavy (non-hydrogen) atoms. The third kappa shape index (κ3) is 10.1. The zero-order valence-corrected chi connectivity index (χ0v) is 35.8. The molecule has 5 fully saturated rings. The predicted molar refractivity (Wildman–Crippen MR) is 225 cm³/mol. The van der Waals surface area contributed by atoms with Gasteiger partial charge in [0.05, 0.1) is 44.4 Å². The number of urea groups is 2. The fraction of sp³-hybridized carbons (Fsp3) is 0.682. The Bertz CT molecular complexity index is 1800. The highest BCUT2D eigenvalue weighted by atomic mass is 16.5. The van der Waals surface area contributed by atoms with Crippen molar-refractivity contribution in [3.05, 3.63) is 41.9 Å². The van der Waals surface area contributed by atoms with E-state index in [1.54, 1.807) is 14.7 Å². The molecule has 16 heteroatoms. The summed E-state index contributed by atoms with van der Waals surface area (Å²) in [7, 11) is 0. The van der Waals surface area contributed by atoms with Gasteiger partial charge in [-0.3, -0.25) is 14.4 Å². The van der Waals surface area contributed by atoms with E-state index in [9.17, 15) is 24.0 Å². The van der Waals surface area contributed by atoms with Gasteiger partial charge < -0.3 is 50.0 Å². The number of benzene rings is 1. The highest BCUT2D eigenvalue weighted by Crippen LogP contribution is 2.36. The van der Waals surface area contributed by atoms with E-state index < -0.39 is 18.1 Å². The first-order valence-electron chi connectivity index (χ1n) is 22.3. The van der Waals surface area contributed by atoms with Gasteiger partial charge in [-0.2, -0.15) is 0 Å². The number of amides is 7. The van der Waals surface area contributed by atoms with E-state index >= 15 is 0 Å². The van der Waals surface area contributed by atoms with Crippen LogP contribution in [-0.2, 0) is 23.9 Å². The van der Waals surface area contributed by atoms with Gasteiger partial charge in [0.25, 0.3) is 0 Å². The number of morpholine rings is 2. The Balaban J connectivity index is 0.898. The number of aromatic nitrogens is 2. The standard InChI is InChI=1S/C44H65N9O7/c1-28(2)37(48-43(57)50-19-23-59-24-20-50)41(55)52-17-5-7-35(52)39-45-27-34(47-39)32-11-9-30(10-12-32)31-13-15-33(16-14-31)46-40(54)36-8-6-18-53(36)42(56)38(29(3)4)49-44(58)51-21-25-60-26-22-51/h9-12,27-29,31,33,35-38H,5-8,13-26H2,1-4H3,(H,45,47)(H,46,54)(H,48,57)(H,49,58)/t31?,33?,35-,36-,37+,38+/m0/s1. The minimum absolute atomic E-state index is 0.0507. The molecule has 5 aliphatic rings. The maximum absolute atomic E-state index is 13.9. The smallest absolute Gasteiger partial charge is 0.318 e. The predicted octanol–water partition coefficient (Wildman–Crippen LogP) is 4.01. The van der Waals surface area contributed by atoms with Crippen LogP contribution < -0.4 is 16.0 Å². The van der Waals surface area contributed by atoms with E-state index in [4.69, 9.17) is 14.5 Å². The first kappa shape index (κ1) is 43.4. The van der Waals surface area contributed by atoms with Gasteiger partial charge in [0, 0.05) is 45.3 Å². The molecule has 5 heterocycles. The number of nitrogens with zero attached hydrogens (tertiary/aromatic N) is 5. The monoisotopic (exact) mass is 832 g/mol. The summed E-state index contributed by atoms with van der Waals surface area (Å²) >= 11 is 0. The number of aromatic amines is 1. The van der Waals surface area contributed by atoms with Crippen molar-refractivity contribution in [2.75, 3.05) is 65.7 Å². The molecule has 16 nitrogen and oxygen atoms in total. The van der Waals surface area contributed by atoms with Crippen molar-refractivity contribution in [2.45, 2.75) is 115 Å². The average molecular weight is 832 g/mol. The van der Waals surface area contributed by atoms with Gasteiger partial charge in [0.1, 0.15) is 23.9 Å². The number of imidazole rings is 1. The summed E-state index contributed by atoms with van der Waals surface area (Å²) in [5.74, 6) is 0.558. The molecular formula is C44H65N9O7. The van der Waals surface area contributed by atoms with Gasteiger partial charge in [-0.15, -0.1) is 0 Å². The number of carbonyl (C=O) groups excluding carboxylic acids is 5. The van der Waals surface area contributed by atoms with Crippen molar-refractivity contribution < 1.29 is 33.4 Å². The molecule has 4 atom stereocenters. The van der Waals surface area contributed by atoms with Crippen molar-refractivity contribution in [3.63, 3.8) is 0 Å². The van der Waals surface area contributed by atoms with Crippen LogP contribution in [-0.4, -0.2) is 149 Å². The molecule has 0 bridgehead atoms. The molecule has 328 valence electrons. The quantitative estimate of drug-likeness (QED) is 0.262. The lowest BCUT2D eigenvalue weighted by molar-refractivity contribution is -0.141. The zero-order valence-electron chi connectivity index (χ0n) is 35.8. The lowest BCUT2D eigenvalue weighted by atomic mass is 9.81. The van der Waals surface area contributed by atoms with Crippen LogP contribution in [0.25, 0.3) is 11.3 Å². The summed E-state index contributed by atoms with van der Waals surface area (Å²) in [4.78, 5) is 82.5. The molecule has 2 aromatic rings. The number of hydrogen-bond acceptors (Lipinski definition) is 8. The number of hydrogen-bond donors (Lipinski definition) is 4. The fourth-order valence-corrected chi connectivity index (χ4v) is 9.44. The number of nitrogens with one attached hydrogen (secondary N) is 4. The molecule has 7 amide bonds. The average Bonchev–Trinajstić information content (AvgIpc) is 4.07. The molecule has 0 radical (unpaired) electrons. The topological polar surface area (TPSA) is 182 Å². The first-order valence-corrected chi connectivity index (χ1v) is 22.3. The first-order chi connectivity index (χ1) is 29.0. The van der Waals surface area contributed by atoms with Crippen LogP contribution in [0.4, 0.5) is 9.59 Å². The summed E-state index contributed by atoms with van der Waals surface area (Å²) in [6.45, 7) is 12.9. The van der Waals surface area contributed by atoms with E-state index in [1.165, 1.54) is 5.56 Å². The Kier molecular flexibility index (Phi) is 14.3. The van der Waals surface area contributed by atoms with E-state index in [0.717, 1.165) is 62.0 Å². The highest BCUT2D eigenvalue weighted by Gasteiger charge is 2.41. The molecule has 1 aromatic carbocycles. The van der Waals surface area contributed by atoms with E-state index in [1.807, 2.05) is 38.8 Å². The van der Waals surface area contributed by atoms with Crippen LogP contribution in [0.3, 0.4) is 0 Å². The third-order valence-corrected chi connectivity index (χ3v) is 13.1. The molecule has 4 aliphatic heterocycles. The fourth-order valence-electron chi connectivity index (χ4n) is 9.44. The van der Waals surface area contributed by atoms with Crippen molar-refractivity contribution in [1.29, 1.82) is 0 Å². The molecule has 0 spiro atoms. The minimum Gasteiger partial charge on any atom is -0.378 e. The van der Waals surface area contributed by atoms with Gasteiger partial charge in [-0.05, 0) is 80.2 Å². The lowest BCUT2D eigenvalue weighted by Crippen LogP contribution is -2.58. The summed E-state index contributed by atoms with van der Waals surface area (Å²) in [6, 6.07) is 6.10. The van der Waals surface area contributed by atoms with Crippen LogP contribution in [0, 0.1) is 11.8 Å². The lowest BCUT2D eigenvalue weighted by Gasteiger charge is -2.34. The Morgan fingerprint density at radius 3 is 1.78 bits per heavy atom. The number of carbonyl (C=O) groups is 5. The van der Waals surface area contributed by atoms with Gasteiger partial charge in [-0.1, -0.05) is 52.0 Å². The van der Waals surface area contributed by atoms with Gasteiger partial charge in [0.15, 0.2) is 0 Å². The number of H-pyrrole nitrogens is 1. The van der Waals surface area contributed by atoms with Crippen LogP contribution in [0.2, 0.25) is 0 Å². The summed E-state index contributed by atoms with van der Waals surface area (Å²) in [5.41, 5.74) is 3.17. The molecule has 1 aromatic heterocycles. The molecule has 0 unspecified atom stereocenters. The molecule has 4 saturated heterocycles. The maximum atomic E-state index is 13.9. The molecule has 1 saturated carbocycles. The highest BCUT2D eigenvalue weighted by molar-refractivity contribution is 5.92. The summed E-state index contributed by atoms with van der Waals surface area (Å²) in [5, 5.41) is 9.23. The van der Waals surface area contributed by atoms with Gasteiger partial charge >= 0.3 is 12.1 Å². The molecule has 4 N–H and O–H groups in total. The normalized spacial score (nSPS) is 24.7. The molecular weight excluding hydrogens is 767 g/mol. The number of likely N-dealkylation sites (tertiary alicyclic amines) is 2. The number of ether oxygens (including phenoxy) is 2. The van der Waals surface area contributed by atoms with Crippen LogP contribution in [0.15, 0.2) is 30.5 Å². The molecule has 1 aliphatic carbocycles. The Labute approximate surface area is 353 Å². The Hall–Kier alpha value is -4.70. The van der Waals surface area contributed by atoms with Crippen molar-refractivity contribution in [3.8, 4) is 11.3 Å². The van der Waals surface area contributed by atoms with E-state index in [0.29, 0.717) is 78.0 Å². The largest absolute Gasteiger partial charge is 0.378 e. The van der Waals surface area contributed by atoms with Crippen LogP contribution in [0.5, 0.6) is 0 Å². The second kappa shape index (κ2) is 19.8. The van der Waals surface area contributed by atoms with Crippen LogP contribution >= 0.6 is 0 Å². The van der Waals surface area contributed by atoms with Gasteiger partial charge in [-0.25, -0.2) is 14.6 Å². The minimum atomic E-state index is -0.704. The summed E-state index contributed by atoms with van der Waals surface area (Å²) < 4.78 is 10.8. The van der Waals surface area contributed by atoms with Gasteiger partial charge in [0.2, 0.25) is 17.7 Å². The summed E-state index contributed by atoms with van der Waals surface area (Å²) in [6.07, 6.45) is 8.49. The SMILES string of the molecule is CC(C)[C@@H](NC(=O)N1CCOCC1)C(=O)N1CCC[C@H]1C(=O)NC1CCC(c2ccc(-c3cnc([C@@H]4CCCN4C(=O)[C@H](NC(=O)N4CCOCC4)C(C)C)[nH]3)cc2)CC1.